The van der Waals surface area contributed by atoms with Gasteiger partial charge in [-0.15, -0.1) is 0 Å². The van der Waals surface area contributed by atoms with Crippen molar-refractivity contribution in [3.8, 4) is 11.1 Å². The van der Waals surface area contributed by atoms with Crippen LogP contribution in [0, 0.1) is 0 Å². The molecule has 0 saturated heterocycles. The predicted octanol–water partition coefficient (Wildman–Crippen LogP) is 3.79. The molecule has 2 aromatic carbocycles. The van der Waals surface area contributed by atoms with Crippen LogP contribution in [0.5, 0.6) is 0 Å². The minimum Gasteiger partial charge on any atom is -0.383 e. The fraction of sp³-hybridized carbons (Fsp3) is 0.182. The van der Waals surface area contributed by atoms with E-state index in [-0.39, 0.29) is 11.6 Å². The van der Waals surface area contributed by atoms with Crippen molar-refractivity contribution in [2.75, 3.05) is 32.6 Å². The molecule has 3 N–H and O–H groups in total. The highest BCUT2D eigenvalue weighted by Gasteiger charge is 2.12. The first-order valence-electron chi connectivity index (χ1n) is 9.31. The summed E-state index contributed by atoms with van der Waals surface area (Å²) in [6, 6.07) is 15.0. The molecule has 0 saturated carbocycles. The SMILES string of the molecule is COCCN(C)C(=O)Nc1ccc2cc(-c3c[nH]c4ccccc34)c(=O)[nH]c2c1. The largest absolute Gasteiger partial charge is 0.383 e. The van der Waals surface area contributed by atoms with Gasteiger partial charge in [0, 0.05) is 54.6 Å². The highest BCUT2D eigenvalue weighted by atomic mass is 16.5. The second-order valence-electron chi connectivity index (χ2n) is 6.91. The molecule has 0 unspecified atom stereocenters. The second kappa shape index (κ2) is 7.81. The number of para-hydroxylation sites is 1. The number of methoxy groups -OCH3 is 1. The van der Waals surface area contributed by atoms with Crippen LogP contribution in [0.2, 0.25) is 0 Å². The number of aromatic amines is 2. The highest BCUT2D eigenvalue weighted by Crippen LogP contribution is 2.28. The fourth-order valence-corrected chi connectivity index (χ4v) is 3.32. The first kappa shape index (κ1) is 18.8. The summed E-state index contributed by atoms with van der Waals surface area (Å²) >= 11 is 0. The summed E-state index contributed by atoms with van der Waals surface area (Å²) in [7, 11) is 3.29. The van der Waals surface area contributed by atoms with Crippen LogP contribution in [0.4, 0.5) is 10.5 Å². The van der Waals surface area contributed by atoms with E-state index in [1.54, 1.807) is 20.2 Å². The van der Waals surface area contributed by atoms with E-state index in [4.69, 9.17) is 4.74 Å². The molecule has 2 amide bonds. The second-order valence-corrected chi connectivity index (χ2v) is 6.91. The summed E-state index contributed by atoms with van der Waals surface area (Å²) in [6.07, 6.45) is 1.85. The molecule has 4 aromatic rings. The van der Waals surface area contributed by atoms with Crippen molar-refractivity contribution in [2.45, 2.75) is 0 Å². The van der Waals surface area contributed by atoms with Gasteiger partial charge in [0.2, 0.25) is 0 Å². The van der Waals surface area contributed by atoms with E-state index in [9.17, 15) is 9.59 Å². The van der Waals surface area contributed by atoms with Gasteiger partial charge < -0.3 is 24.9 Å². The number of aromatic nitrogens is 2. The number of benzene rings is 2. The van der Waals surface area contributed by atoms with Crippen molar-refractivity contribution >= 4 is 33.5 Å². The Hall–Kier alpha value is -3.58. The van der Waals surface area contributed by atoms with Gasteiger partial charge in [-0.05, 0) is 29.7 Å². The molecule has 7 nitrogen and oxygen atoms in total. The number of ether oxygens (including phenoxy) is 1. The molecule has 7 heteroatoms. The molecule has 0 aliphatic heterocycles. The van der Waals surface area contributed by atoms with Gasteiger partial charge in [0.15, 0.2) is 0 Å². The number of nitrogens with one attached hydrogen (secondary N) is 3. The van der Waals surface area contributed by atoms with Crippen LogP contribution in [-0.4, -0.2) is 48.2 Å². The van der Waals surface area contributed by atoms with E-state index in [1.807, 2.05) is 48.7 Å². The van der Waals surface area contributed by atoms with Gasteiger partial charge in [0.1, 0.15) is 0 Å². The van der Waals surface area contributed by atoms with Crippen molar-refractivity contribution in [3.05, 3.63) is 65.1 Å². The van der Waals surface area contributed by atoms with Crippen LogP contribution in [0.15, 0.2) is 59.5 Å². The lowest BCUT2D eigenvalue weighted by Gasteiger charge is -2.17. The van der Waals surface area contributed by atoms with Crippen LogP contribution in [0.3, 0.4) is 0 Å². The average molecular weight is 390 g/mol. The summed E-state index contributed by atoms with van der Waals surface area (Å²) in [6.45, 7) is 0.951. The predicted molar refractivity (Wildman–Crippen MR) is 115 cm³/mol. The van der Waals surface area contributed by atoms with Crippen molar-refractivity contribution in [1.29, 1.82) is 0 Å². The zero-order chi connectivity index (χ0) is 20.4. The van der Waals surface area contributed by atoms with E-state index in [0.717, 1.165) is 21.9 Å². The minimum atomic E-state index is -0.237. The Kier molecular flexibility index (Phi) is 5.05. The Morgan fingerprint density at radius 2 is 1.93 bits per heavy atom. The zero-order valence-corrected chi connectivity index (χ0v) is 16.3. The first-order valence-corrected chi connectivity index (χ1v) is 9.31. The third-order valence-electron chi connectivity index (χ3n) is 4.95. The van der Waals surface area contributed by atoms with Crippen LogP contribution in [0.25, 0.3) is 32.9 Å². The Balaban J connectivity index is 1.65. The fourth-order valence-electron chi connectivity index (χ4n) is 3.32. The molecular weight excluding hydrogens is 368 g/mol. The van der Waals surface area contributed by atoms with Gasteiger partial charge in [-0.1, -0.05) is 24.3 Å². The van der Waals surface area contributed by atoms with Crippen LogP contribution >= 0.6 is 0 Å². The summed E-state index contributed by atoms with van der Waals surface area (Å²) in [4.78, 5) is 32.7. The molecule has 2 aromatic heterocycles. The molecule has 0 spiro atoms. The molecule has 0 aliphatic carbocycles. The van der Waals surface area contributed by atoms with Crippen molar-refractivity contribution in [1.82, 2.24) is 14.9 Å². The summed E-state index contributed by atoms with van der Waals surface area (Å²) in [5, 5.41) is 4.72. The van der Waals surface area contributed by atoms with Crippen molar-refractivity contribution in [3.63, 3.8) is 0 Å². The van der Waals surface area contributed by atoms with Crippen molar-refractivity contribution < 1.29 is 9.53 Å². The van der Waals surface area contributed by atoms with E-state index in [1.165, 1.54) is 4.90 Å². The summed E-state index contributed by atoms with van der Waals surface area (Å²) in [5.74, 6) is 0. The van der Waals surface area contributed by atoms with Gasteiger partial charge in [-0.25, -0.2) is 4.79 Å². The molecule has 0 fully saturated rings. The van der Waals surface area contributed by atoms with Crippen molar-refractivity contribution in [2.24, 2.45) is 0 Å². The third kappa shape index (κ3) is 3.72. The number of hydrogen-bond donors (Lipinski definition) is 3. The number of H-pyrrole nitrogens is 2. The molecule has 148 valence electrons. The number of rotatable bonds is 5. The lowest BCUT2D eigenvalue weighted by atomic mass is 10.0. The van der Waals surface area contributed by atoms with E-state index in [2.05, 4.69) is 15.3 Å². The van der Waals surface area contributed by atoms with Gasteiger partial charge >= 0.3 is 6.03 Å². The maximum atomic E-state index is 12.8. The Morgan fingerprint density at radius 3 is 2.76 bits per heavy atom. The minimum absolute atomic E-state index is 0.178. The zero-order valence-electron chi connectivity index (χ0n) is 16.3. The smallest absolute Gasteiger partial charge is 0.321 e. The molecule has 0 bridgehead atoms. The first-order chi connectivity index (χ1) is 14.1. The summed E-state index contributed by atoms with van der Waals surface area (Å²) < 4.78 is 4.99. The Labute approximate surface area is 167 Å². The molecule has 0 aliphatic rings. The van der Waals surface area contributed by atoms with Crippen LogP contribution < -0.4 is 10.9 Å². The number of pyridine rings is 1. The number of hydrogen-bond acceptors (Lipinski definition) is 3. The lowest BCUT2D eigenvalue weighted by Crippen LogP contribution is -2.33. The van der Waals surface area contributed by atoms with E-state index in [0.29, 0.717) is 29.9 Å². The monoisotopic (exact) mass is 390 g/mol. The quantitative estimate of drug-likeness (QED) is 0.484. The van der Waals surface area contributed by atoms with Gasteiger partial charge in [-0.2, -0.15) is 0 Å². The summed E-state index contributed by atoms with van der Waals surface area (Å²) in [5.41, 5.74) is 3.55. The molecular formula is C22H22N4O3. The molecule has 2 heterocycles. The number of amides is 2. The lowest BCUT2D eigenvalue weighted by molar-refractivity contribution is 0.165. The number of urea groups is 1. The van der Waals surface area contributed by atoms with Gasteiger partial charge in [0.25, 0.3) is 5.56 Å². The molecule has 0 radical (unpaired) electrons. The Morgan fingerprint density at radius 1 is 1.10 bits per heavy atom. The average Bonchev–Trinajstić information content (AvgIpc) is 3.15. The third-order valence-corrected chi connectivity index (χ3v) is 4.95. The molecule has 4 rings (SSSR count). The topological polar surface area (TPSA) is 90.2 Å². The highest BCUT2D eigenvalue weighted by molar-refractivity contribution is 5.98. The maximum Gasteiger partial charge on any atom is 0.321 e. The van der Waals surface area contributed by atoms with Crippen LogP contribution in [-0.2, 0) is 4.74 Å². The van der Waals surface area contributed by atoms with Crippen LogP contribution in [0.1, 0.15) is 0 Å². The van der Waals surface area contributed by atoms with E-state index >= 15 is 0 Å². The standard InChI is InChI=1S/C22H22N4O3/c1-26(9-10-29-2)22(28)24-15-8-7-14-11-17(21(27)25-20(14)12-15)18-13-23-19-6-4-3-5-16(18)19/h3-8,11-13,23H,9-10H2,1-2H3,(H,24,28)(H,25,27). The number of anilines is 1. The number of carbonyl (C=O) groups excluding carboxylic acids is 1. The molecule has 29 heavy (non-hydrogen) atoms. The van der Waals surface area contributed by atoms with Gasteiger partial charge in [-0.3, -0.25) is 4.79 Å². The van der Waals surface area contributed by atoms with E-state index < -0.39 is 0 Å². The Bertz CT molecular complexity index is 1240. The number of likely N-dealkylation sites (N-methyl/N-ethyl adjacent to an activating group) is 1. The van der Waals surface area contributed by atoms with Gasteiger partial charge in [0.05, 0.1) is 12.1 Å². The number of nitrogens with zero attached hydrogens (tertiary/aromatic N) is 1. The number of fused-ring (bicyclic) bond motifs is 2. The maximum absolute atomic E-state index is 12.8. The molecule has 0 atom stereocenters. The number of carbonyl (C=O) groups is 1. The normalized spacial score (nSPS) is 11.1.